The summed E-state index contributed by atoms with van der Waals surface area (Å²) in [5.41, 5.74) is -1.48. The Morgan fingerprint density at radius 3 is 1.75 bits per heavy atom. The van der Waals surface area contributed by atoms with Crippen LogP contribution < -0.4 is 0 Å². The summed E-state index contributed by atoms with van der Waals surface area (Å²) in [5, 5.41) is 4.51. The lowest BCUT2D eigenvalue weighted by molar-refractivity contribution is -0.516. The van der Waals surface area contributed by atoms with E-state index >= 15 is 0 Å². The van der Waals surface area contributed by atoms with Crippen LogP contribution in [-0.4, -0.2) is 41.7 Å². The fourth-order valence-electron chi connectivity index (χ4n) is 1.34. The van der Waals surface area contributed by atoms with Crippen LogP contribution in [0.3, 0.4) is 0 Å². The smallest absolute Gasteiger partial charge is 0.377 e. The maximum atomic E-state index is 12.0. The van der Waals surface area contributed by atoms with Gasteiger partial charge in [0.2, 0.25) is 0 Å². The Morgan fingerprint density at radius 1 is 0.950 bits per heavy atom. The highest BCUT2D eigenvalue weighted by atomic mass is 28.4. The van der Waals surface area contributed by atoms with Crippen LogP contribution in [0.25, 0.3) is 0 Å². The second-order valence-electron chi connectivity index (χ2n) is 5.99. The summed E-state index contributed by atoms with van der Waals surface area (Å²) >= 11 is 0. The highest BCUT2D eigenvalue weighted by Crippen LogP contribution is 2.31. The van der Waals surface area contributed by atoms with Crippen LogP contribution >= 0.6 is 0 Å². The molecule has 0 aromatic carbocycles. The third kappa shape index (κ3) is 6.29. The lowest BCUT2D eigenvalue weighted by Gasteiger charge is -2.31. The van der Waals surface area contributed by atoms with Crippen molar-refractivity contribution in [3.8, 4) is 0 Å². The van der Waals surface area contributed by atoms with Gasteiger partial charge in [-0.15, -0.1) is 0 Å². The summed E-state index contributed by atoms with van der Waals surface area (Å²) in [7, 11) is 1.57. The van der Waals surface area contributed by atoms with Crippen LogP contribution in [0.4, 0.5) is 0 Å². The van der Waals surface area contributed by atoms with Crippen LogP contribution in [0.1, 0.15) is 34.6 Å². The van der Waals surface area contributed by atoms with Crippen LogP contribution in [0, 0.1) is 5.41 Å². The molecule has 0 saturated carbocycles. The van der Waals surface area contributed by atoms with Crippen molar-refractivity contribution in [3.63, 3.8) is 0 Å². The maximum absolute atomic E-state index is 12.0. The Bertz CT molecular complexity index is 299. The van der Waals surface area contributed by atoms with E-state index in [4.69, 9.17) is 18.2 Å². The quantitative estimate of drug-likeness (QED) is 0.386. The lowest BCUT2D eigenvalue weighted by Crippen LogP contribution is -2.48. The van der Waals surface area contributed by atoms with E-state index in [2.05, 4.69) is 9.93 Å². The van der Waals surface area contributed by atoms with Crippen molar-refractivity contribution in [3.05, 3.63) is 0 Å². The Balaban J connectivity index is 4.58. The van der Waals surface area contributed by atoms with E-state index in [0.717, 1.165) is 0 Å². The summed E-state index contributed by atoms with van der Waals surface area (Å²) < 4.78 is 15.9. The van der Waals surface area contributed by atoms with Crippen molar-refractivity contribution >= 4 is 14.8 Å². The molecule has 0 spiro atoms. The molecule has 0 aliphatic heterocycles. The normalized spacial score (nSPS) is 13.4. The van der Waals surface area contributed by atoms with E-state index in [0.29, 0.717) is 0 Å². The molecule has 0 aromatic rings. The monoisotopic (exact) mass is 310 g/mol. The third-order valence-electron chi connectivity index (χ3n) is 2.54. The van der Waals surface area contributed by atoms with Gasteiger partial charge in [-0.3, -0.25) is 4.89 Å². The van der Waals surface area contributed by atoms with Gasteiger partial charge in [0, 0.05) is 27.4 Å². The molecule has 0 amide bonds. The minimum Gasteiger partial charge on any atom is -0.377 e. The molecule has 0 aromatic heterocycles. The second kappa shape index (κ2) is 7.48. The minimum atomic E-state index is -2.89. The van der Waals surface area contributed by atoms with Gasteiger partial charge in [0.1, 0.15) is 0 Å². The third-order valence-corrected chi connectivity index (χ3v) is 5.72. The van der Waals surface area contributed by atoms with Gasteiger partial charge in [0.25, 0.3) is 0 Å². The van der Waals surface area contributed by atoms with E-state index in [-0.39, 0.29) is 6.04 Å². The Hall–Kier alpha value is -0.513. The summed E-state index contributed by atoms with van der Waals surface area (Å²) in [6, 6.07) is 0.251. The molecular weight excluding hydrogens is 284 g/mol. The van der Waals surface area contributed by atoms with Crippen molar-refractivity contribution < 1.29 is 32.9 Å². The molecule has 7 nitrogen and oxygen atoms in total. The van der Waals surface area contributed by atoms with E-state index in [9.17, 15) is 4.79 Å². The molecule has 0 fully saturated rings. The number of hydrogen-bond donors (Lipinski definition) is 0. The first kappa shape index (κ1) is 19.5. The van der Waals surface area contributed by atoms with E-state index in [1.165, 1.54) is 21.3 Å². The van der Waals surface area contributed by atoms with Gasteiger partial charge in [-0.25, -0.2) is 4.79 Å². The Morgan fingerprint density at radius 2 is 1.40 bits per heavy atom. The number of rotatable bonds is 8. The van der Waals surface area contributed by atoms with Gasteiger partial charge >= 0.3 is 14.8 Å². The van der Waals surface area contributed by atoms with Crippen molar-refractivity contribution in [2.24, 2.45) is 5.41 Å². The van der Waals surface area contributed by atoms with E-state index in [1.54, 1.807) is 34.6 Å². The average molecular weight is 310 g/mol. The van der Waals surface area contributed by atoms with E-state index in [1.807, 2.05) is 0 Å². The molecule has 0 N–H and O–H groups in total. The molecule has 0 aliphatic rings. The zero-order valence-electron chi connectivity index (χ0n) is 13.6. The Labute approximate surface area is 121 Å². The largest absolute Gasteiger partial charge is 0.501 e. The molecule has 8 heteroatoms. The number of hydrogen-bond acceptors (Lipinski definition) is 7. The minimum absolute atomic E-state index is 0.251. The molecule has 0 atom stereocenters. The SMILES string of the molecule is CO[Si](CC(C)(C)C(=O)OOOC(C)(C)C)(OC)OC. The average Bonchev–Trinajstić information content (AvgIpc) is 2.34. The highest BCUT2D eigenvalue weighted by Gasteiger charge is 2.48. The molecule has 0 rings (SSSR count). The van der Waals surface area contributed by atoms with Crippen LogP contribution in [0.15, 0.2) is 0 Å². The number of carbonyl (C=O) groups excluding carboxylic acids is 1. The van der Waals surface area contributed by atoms with Gasteiger partial charge in [-0.05, 0) is 39.7 Å². The fraction of sp³-hybridized carbons (Fsp3) is 0.917. The maximum Gasteiger partial charge on any atom is 0.501 e. The lowest BCUT2D eigenvalue weighted by atomic mass is 9.97. The summed E-state index contributed by atoms with van der Waals surface area (Å²) in [5.74, 6) is -0.593. The topological polar surface area (TPSA) is 72.5 Å². The van der Waals surface area contributed by atoms with Gasteiger partial charge in [-0.1, -0.05) is 0 Å². The first-order valence-corrected chi connectivity index (χ1v) is 8.17. The second-order valence-corrected chi connectivity index (χ2v) is 8.93. The highest BCUT2D eigenvalue weighted by molar-refractivity contribution is 6.61. The molecule has 120 valence electrons. The molecule has 0 radical (unpaired) electrons. The molecule has 0 saturated heterocycles. The summed E-state index contributed by atoms with van der Waals surface area (Å²) in [4.78, 5) is 21.5. The van der Waals surface area contributed by atoms with Gasteiger partial charge in [0.05, 0.1) is 11.0 Å². The van der Waals surface area contributed by atoms with Gasteiger partial charge in [-0.2, -0.15) is 4.89 Å². The van der Waals surface area contributed by atoms with Crippen molar-refractivity contribution in [1.29, 1.82) is 0 Å². The van der Waals surface area contributed by atoms with Gasteiger partial charge in [0.15, 0.2) is 0 Å². The fourth-order valence-corrected chi connectivity index (χ4v) is 3.50. The molecular formula is C12H26O7Si. The molecule has 0 bridgehead atoms. The predicted octanol–water partition coefficient (Wildman–Crippen LogP) is 2.10. The molecule has 20 heavy (non-hydrogen) atoms. The summed E-state index contributed by atoms with van der Waals surface area (Å²) in [6.07, 6.45) is 0. The summed E-state index contributed by atoms with van der Waals surface area (Å²) in [6.45, 7) is 8.68. The first-order valence-electron chi connectivity index (χ1n) is 6.24. The van der Waals surface area contributed by atoms with Crippen molar-refractivity contribution in [1.82, 2.24) is 0 Å². The number of carbonyl (C=O) groups is 1. The van der Waals surface area contributed by atoms with Crippen molar-refractivity contribution in [2.75, 3.05) is 21.3 Å². The van der Waals surface area contributed by atoms with E-state index < -0.39 is 25.8 Å². The Kier molecular flexibility index (Phi) is 7.29. The first-order chi connectivity index (χ1) is 9.02. The molecule has 0 aliphatic carbocycles. The van der Waals surface area contributed by atoms with Crippen LogP contribution in [0.2, 0.25) is 6.04 Å². The zero-order valence-corrected chi connectivity index (χ0v) is 14.6. The van der Waals surface area contributed by atoms with Crippen molar-refractivity contribution in [2.45, 2.75) is 46.3 Å². The van der Waals surface area contributed by atoms with Crippen LogP contribution in [0.5, 0.6) is 0 Å². The predicted molar refractivity (Wildman–Crippen MR) is 73.4 cm³/mol. The standard InChI is InChI=1S/C12H26O7Si/c1-11(2,3)18-19-17-10(13)12(4,5)9-20(14-6,15-7)16-8/h9H2,1-8H3. The van der Waals surface area contributed by atoms with Gasteiger partial charge < -0.3 is 13.3 Å². The zero-order chi connectivity index (χ0) is 16.0. The molecule has 0 heterocycles. The molecule has 0 unspecified atom stereocenters. The van der Waals surface area contributed by atoms with Crippen LogP contribution in [-0.2, 0) is 32.9 Å².